The van der Waals surface area contributed by atoms with E-state index in [1.807, 2.05) is 22.7 Å². The van der Waals surface area contributed by atoms with Crippen LogP contribution in [-0.4, -0.2) is 16.1 Å². The predicted octanol–water partition coefficient (Wildman–Crippen LogP) is 14.7. The summed E-state index contributed by atoms with van der Waals surface area (Å²) in [6.45, 7) is 29.0. The second-order valence-corrected chi connectivity index (χ2v) is 29.0. The van der Waals surface area contributed by atoms with E-state index in [4.69, 9.17) is 0 Å². The maximum atomic E-state index is 4.13. The van der Waals surface area contributed by atoms with Crippen LogP contribution in [0.2, 0.25) is 33.2 Å². The summed E-state index contributed by atoms with van der Waals surface area (Å²) >= 11 is 3.65. The van der Waals surface area contributed by atoms with Gasteiger partial charge in [-0.1, -0.05) is 94.9 Å². The van der Waals surface area contributed by atoms with Gasteiger partial charge in [-0.2, -0.15) is 0 Å². The summed E-state index contributed by atoms with van der Waals surface area (Å²) in [5, 5.41) is 14.6. The molecule has 0 spiro atoms. The molecule has 0 nitrogen and oxygen atoms in total. The molecule has 4 heteroatoms. The molecular weight excluding hydrogens is 649 g/mol. The molecule has 0 radical (unpaired) electrons. The fourth-order valence-corrected chi connectivity index (χ4v) is 21.4. The van der Waals surface area contributed by atoms with Gasteiger partial charge in [-0.3, -0.25) is 0 Å². The topological polar surface area (TPSA) is 0 Å². The molecule has 248 valence electrons. The van der Waals surface area contributed by atoms with Crippen LogP contribution in [-0.2, 0) is 0 Å². The number of benzene rings is 4. The van der Waals surface area contributed by atoms with Gasteiger partial charge in [0.1, 0.15) is 16.1 Å². The first-order chi connectivity index (χ1) is 22.7. The van der Waals surface area contributed by atoms with E-state index in [1.165, 1.54) is 63.6 Å². The number of thiophene rings is 2. The van der Waals surface area contributed by atoms with Crippen molar-refractivity contribution in [3.8, 4) is 22.9 Å². The van der Waals surface area contributed by atoms with Crippen LogP contribution < -0.4 is 0 Å². The van der Waals surface area contributed by atoms with Crippen molar-refractivity contribution in [1.29, 1.82) is 0 Å². The van der Waals surface area contributed by atoms with Gasteiger partial charge >= 0.3 is 0 Å². The van der Waals surface area contributed by atoms with Gasteiger partial charge in [-0.05, 0) is 130 Å². The van der Waals surface area contributed by atoms with Crippen LogP contribution in [0.4, 0.5) is 0 Å². The molecule has 0 amide bonds. The van der Waals surface area contributed by atoms with Crippen molar-refractivity contribution in [3.05, 3.63) is 70.4 Å². The largest absolute Gasteiger partial charge is 0.146 e. The highest BCUT2D eigenvalue weighted by Gasteiger charge is 2.43. The molecule has 0 aliphatic heterocycles. The molecular formula is C44H52S2Si2. The number of fused-ring (bicyclic) bond motifs is 5. The highest BCUT2D eigenvalue weighted by Crippen LogP contribution is 2.44. The van der Waals surface area contributed by atoms with Gasteiger partial charge in [0.25, 0.3) is 0 Å². The molecule has 0 saturated carbocycles. The minimum absolute atomic E-state index is 0.574. The van der Waals surface area contributed by atoms with Gasteiger partial charge in [0.15, 0.2) is 0 Å². The summed E-state index contributed by atoms with van der Waals surface area (Å²) in [6.07, 6.45) is 0. The highest BCUT2D eigenvalue weighted by molar-refractivity contribution is 7.17. The van der Waals surface area contributed by atoms with Crippen molar-refractivity contribution in [2.24, 2.45) is 0 Å². The van der Waals surface area contributed by atoms with Crippen molar-refractivity contribution in [2.45, 2.75) is 116 Å². The number of hydrogen-bond donors (Lipinski definition) is 0. The van der Waals surface area contributed by atoms with E-state index in [-0.39, 0.29) is 0 Å². The van der Waals surface area contributed by atoms with Crippen LogP contribution in [0.5, 0.6) is 0 Å². The van der Waals surface area contributed by atoms with Gasteiger partial charge in [0.2, 0.25) is 0 Å². The molecule has 48 heavy (non-hydrogen) atoms. The third kappa shape index (κ3) is 5.58. The Kier molecular flexibility index (Phi) is 9.55. The van der Waals surface area contributed by atoms with Gasteiger partial charge in [-0.15, -0.1) is 33.8 Å². The lowest BCUT2D eigenvalue weighted by atomic mass is 9.90. The van der Waals surface area contributed by atoms with E-state index in [2.05, 4.69) is 165 Å². The monoisotopic (exact) mass is 700 g/mol. The Morgan fingerprint density at radius 1 is 0.417 bits per heavy atom. The fraction of sp³-hybridized carbons (Fsp3) is 0.409. The van der Waals surface area contributed by atoms with Crippen LogP contribution >= 0.6 is 22.7 Å². The van der Waals surface area contributed by atoms with Crippen molar-refractivity contribution in [1.82, 2.24) is 0 Å². The Morgan fingerprint density at radius 3 is 1.17 bits per heavy atom. The van der Waals surface area contributed by atoms with Crippen molar-refractivity contribution in [3.63, 3.8) is 0 Å². The SMILES string of the molecule is CC(C)[Si](C#Cc1c2cc3cc4sccc4cc3cc2c(C#C[Si](C(C)C)(C(C)C)C(C)C)c2cc3sccc3cc12)(C(C)C)C(C)C. The zero-order valence-corrected chi connectivity index (χ0v) is 34.7. The predicted molar refractivity (Wildman–Crippen MR) is 226 cm³/mol. The average Bonchev–Trinajstić information content (AvgIpc) is 3.67. The van der Waals surface area contributed by atoms with Gasteiger partial charge in [-0.25, -0.2) is 0 Å². The lowest BCUT2D eigenvalue weighted by molar-refractivity contribution is 0.838. The summed E-state index contributed by atoms with van der Waals surface area (Å²) < 4.78 is 2.66. The standard InChI is InChI=1S/C44H52S2Si2/c1-27(2)47(28(3)4,29(5)6)19-15-37-39-22-34-14-18-46-44(34)26-42(39)38(16-20-48(30(7)8,31(9)10)32(11)12)40-23-35-21-33-13-17-45-43(33)25-36(35)24-41(37)40/h13-14,17-18,21-32H,1-12H3. The van der Waals surface area contributed by atoms with Crippen molar-refractivity contribution in [2.75, 3.05) is 0 Å². The summed E-state index contributed by atoms with van der Waals surface area (Å²) in [4.78, 5) is 0. The molecule has 0 unspecified atom stereocenters. The minimum Gasteiger partial charge on any atom is -0.144 e. The fourth-order valence-electron chi connectivity index (χ4n) is 9.36. The summed E-state index contributed by atoms with van der Waals surface area (Å²) in [5.74, 6) is 8.00. The first kappa shape index (κ1) is 35.0. The molecule has 6 aromatic rings. The van der Waals surface area contributed by atoms with E-state index in [9.17, 15) is 0 Å². The molecule has 0 fully saturated rings. The first-order valence-electron chi connectivity index (χ1n) is 18.0. The average molecular weight is 701 g/mol. The Morgan fingerprint density at radius 2 is 0.750 bits per heavy atom. The second-order valence-electron chi connectivity index (χ2n) is 16.0. The molecule has 2 aromatic heterocycles. The number of hydrogen-bond acceptors (Lipinski definition) is 2. The van der Waals surface area contributed by atoms with Gasteiger partial charge in [0, 0.05) is 25.9 Å². The lowest BCUT2D eigenvalue weighted by Crippen LogP contribution is -2.43. The minimum atomic E-state index is -1.98. The molecule has 0 saturated heterocycles. The lowest BCUT2D eigenvalue weighted by Gasteiger charge is -2.38. The molecule has 0 bridgehead atoms. The quantitative estimate of drug-likeness (QED) is 0.0922. The summed E-state index contributed by atoms with van der Waals surface area (Å²) in [7, 11) is -3.96. The maximum Gasteiger partial charge on any atom is 0.146 e. The third-order valence-corrected chi connectivity index (χ3v) is 26.1. The molecule has 0 N–H and O–H groups in total. The Balaban J connectivity index is 1.83. The first-order valence-corrected chi connectivity index (χ1v) is 24.2. The molecule has 0 aliphatic rings. The maximum absolute atomic E-state index is 4.13. The van der Waals surface area contributed by atoms with E-state index in [1.54, 1.807) is 0 Å². The Bertz CT molecular complexity index is 2090. The highest BCUT2D eigenvalue weighted by atomic mass is 32.1. The van der Waals surface area contributed by atoms with E-state index in [0.717, 1.165) is 0 Å². The molecule has 4 aromatic carbocycles. The summed E-state index contributed by atoms with van der Waals surface area (Å²) in [5.41, 5.74) is 14.1. The van der Waals surface area contributed by atoms with E-state index in [0.29, 0.717) is 33.2 Å². The van der Waals surface area contributed by atoms with Crippen LogP contribution in [0.25, 0.3) is 52.5 Å². The normalized spacial score (nSPS) is 13.0. The Labute approximate surface area is 299 Å². The van der Waals surface area contributed by atoms with Crippen molar-refractivity contribution < 1.29 is 0 Å². The Hall–Kier alpha value is -2.87. The number of rotatable bonds is 6. The van der Waals surface area contributed by atoms with E-state index >= 15 is 0 Å². The molecule has 0 aliphatic carbocycles. The second kappa shape index (κ2) is 13.1. The van der Waals surface area contributed by atoms with Gasteiger partial charge in [0.05, 0.1) is 0 Å². The third-order valence-electron chi connectivity index (χ3n) is 11.8. The van der Waals surface area contributed by atoms with Crippen molar-refractivity contribution >= 4 is 91.3 Å². The van der Waals surface area contributed by atoms with Crippen LogP contribution in [0.3, 0.4) is 0 Å². The zero-order chi connectivity index (χ0) is 34.7. The molecule has 2 heterocycles. The van der Waals surface area contributed by atoms with E-state index < -0.39 is 16.1 Å². The van der Waals surface area contributed by atoms with Crippen LogP contribution in [0, 0.1) is 22.9 Å². The van der Waals surface area contributed by atoms with Gasteiger partial charge < -0.3 is 0 Å². The van der Waals surface area contributed by atoms with Crippen LogP contribution in [0.15, 0.2) is 59.3 Å². The summed E-state index contributed by atoms with van der Waals surface area (Å²) in [6, 6.07) is 19.0. The zero-order valence-electron chi connectivity index (χ0n) is 31.1. The van der Waals surface area contributed by atoms with Crippen LogP contribution in [0.1, 0.15) is 94.2 Å². The molecule has 0 atom stereocenters. The smallest absolute Gasteiger partial charge is 0.144 e. The molecule has 6 rings (SSSR count).